The standard InChI is InChI=1S/C12H12F6N2.2ClH/c13-7-5-8(14)10(9(15)6-7)11(12(16,17)18)20-3-1-19-2-4-20;;/h5-6,11,19H,1-4H2;2*1H/t11-;;/m0../s1. The van der Waals surface area contributed by atoms with Gasteiger partial charge in [-0.05, 0) is 0 Å². The molecule has 2 nitrogen and oxygen atoms in total. The highest BCUT2D eigenvalue weighted by molar-refractivity contribution is 5.85. The van der Waals surface area contributed by atoms with Crippen LogP contribution in [0.4, 0.5) is 26.3 Å². The molecule has 1 aromatic rings. The molecule has 0 radical (unpaired) electrons. The number of rotatable bonds is 2. The summed E-state index contributed by atoms with van der Waals surface area (Å²) < 4.78 is 79.6. The third kappa shape index (κ3) is 4.65. The van der Waals surface area contributed by atoms with Crippen LogP contribution in [0.25, 0.3) is 0 Å². The molecule has 0 spiro atoms. The predicted molar refractivity (Wildman–Crippen MR) is 74.1 cm³/mol. The van der Waals surface area contributed by atoms with Crippen molar-refractivity contribution in [2.24, 2.45) is 0 Å². The lowest BCUT2D eigenvalue weighted by molar-refractivity contribution is -0.189. The Kier molecular flexibility index (Phi) is 7.97. The van der Waals surface area contributed by atoms with Crippen LogP contribution in [0.3, 0.4) is 0 Å². The molecule has 0 saturated carbocycles. The fourth-order valence-electron chi connectivity index (χ4n) is 2.31. The summed E-state index contributed by atoms with van der Waals surface area (Å²) in [7, 11) is 0. The van der Waals surface area contributed by atoms with E-state index in [0.717, 1.165) is 4.90 Å². The number of nitrogens with zero attached hydrogens (tertiary/aromatic N) is 1. The van der Waals surface area contributed by atoms with E-state index < -0.39 is 35.2 Å². The first-order valence-corrected chi connectivity index (χ1v) is 5.96. The zero-order valence-corrected chi connectivity index (χ0v) is 12.7. The van der Waals surface area contributed by atoms with E-state index in [2.05, 4.69) is 5.32 Å². The van der Waals surface area contributed by atoms with Crippen LogP contribution in [-0.2, 0) is 0 Å². The van der Waals surface area contributed by atoms with Crippen molar-refractivity contribution >= 4 is 24.8 Å². The van der Waals surface area contributed by atoms with Crippen LogP contribution in [-0.4, -0.2) is 37.3 Å². The summed E-state index contributed by atoms with van der Waals surface area (Å²) in [6, 6.07) is -1.89. The minimum Gasteiger partial charge on any atom is -0.314 e. The Labute approximate surface area is 135 Å². The topological polar surface area (TPSA) is 15.3 Å². The van der Waals surface area contributed by atoms with E-state index in [1.54, 1.807) is 0 Å². The lowest BCUT2D eigenvalue weighted by Crippen LogP contribution is -2.49. The summed E-state index contributed by atoms with van der Waals surface area (Å²) in [5.41, 5.74) is -1.15. The Bertz CT molecular complexity index is 468. The van der Waals surface area contributed by atoms with Crippen molar-refractivity contribution in [3.63, 3.8) is 0 Å². The molecule has 1 aliphatic heterocycles. The summed E-state index contributed by atoms with van der Waals surface area (Å²) in [5.74, 6) is -4.29. The normalized spacial score (nSPS) is 17.4. The quantitative estimate of drug-likeness (QED) is 0.802. The number of alkyl halides is 3. The molecular weight excluding hydrogens is 357 g/mol. The van der Waals surface area contributed by atoms with Gasteiger partial charge in [0, 0.05) is 38.3 Å². The van der Waals surface area contributed by atoms with Crippen LogP contribution in [0.2, 0.25) is 0 Å². The van der Waals surface area contributed by atoms with Gasteiger partial charge in [0.05, 0.1) is 5.56 Å². The Morgan fingerprint density at radius 1 is 0.955 bits per heavy atom. The molecular formula is C12H14Cl2F6N2. The van der Waals surface area contributed by atoms with Gasteiger partial charge in [0.25, 0.3) is 0 Å². The minimum atomic E-state index is -4.85. The summed E-state index contributed by atoms with van der Waals surface area (Å²) in [5, 5.41) is 2.85. The molecule has 0 aromatic heterocycles. The van der Waals surface area contributed by atoms with Crippen LogP contribution in [0.15, 0.2) is 12.1 Å². The maximum atomic E-state index is 13.6. The van der Waals surface area contributed by atoms with Crippen molar-refractivity contribution in [3.8, 4) is 0 Å². The van der Waals surface area contributed by atoms with Crippen molar-refractivity contribution in [2.75, 3.05) is 26.2 Å². The van der Waals surface area contributed by atoms with Crippen molar-refractivity contribution in [2.45, 2.75) is 12.2 Å². The van der Waals surface area contributed by atoms with Gasteiger partial charge in [-0.1, -0.05) is 0 Å². The molecule has 128 valence electrons. The highest BCUT2D eigenvalue weighted by Crippen LogP contribution is 2.40. The van der Waals surface area contributed by atoms with Gasteiger partial charge < -0.3 is 5.32 Å². The number of hydrogen-bond acceptors (Lipinski definition) is 2. The lowest BCUT2D eigenvalue weighted by atomic mass is 10.0. The van der Waals surface area contributed by atoms with E-state index in [0.29, 0.717) is 0 Å². The van der Waals surface area contributed by atoms with E-state index in [4.69, 9.17) is 0 Å². The molecule has 1 fully saturated rings. The highest BCUT2D eigenvalue weighted by Gasteiger charge is 2.47. The SMILES string of the molecule is Cl.Cl.Fc1cc(F)c([C@H](N2CCNCC2)C(F)(F)F)c(F)c1. The number of hydrogen-bond donors (Lipinski definition) is 1. The maximum Gasteiger partial charge on any atom is 0.408 e. The van der Waals surface area contributed by atoms with E-state index >= 15 is 0 Å². The molecule has 2 rings (SSSR count). The van der Waals surface area contributed by atoms with Crippen LogP contribution in [0.1, 0.15) is 11.6 Å². The third-order valence-corrected chi connectivity index (χ3v) is 3.14. The Hall–Kier alpha value is -0.700. The van der Waals surface area contributed by atoms with E-state index in [9.17, 15) is 26.3 Å². The van der Waals surface area contributed by atoms with Crippen molar-refractivity contribution < 1.29 is 26.3 Å². The number of piperazine rings is 1. The van der Waals surface area contributed by atoms with E-state index in [1.807, 2.05) is 0 Å². The van der Waals surface area contributed by atoms with Crippen LogP contribution < -0.4 is 5.32 Å². The Morgan fingerprint density at radius 3 is 1.82 bits per heavy atom. The van der Waals surface area contributed by atoms with Gasteiger partial charge in [-0.2, -0.15) is 13.2 Å². The molecule has 0 unspecified atom stereocenters. The average Bonchev–Trinajstić information content (AvgIpc) is 2.33. The van der Waals surface area contributed by atoms with Crippen LogP contribution >= 0.6 is 24.8 Å². The van der Waals surface area contributed by atoms with Gasteiger partial charge in [-0.25, -0.2) is 13.2 Å². The molecule has 0 aliphatic carbocycles. The lowest BCUT2D eigenvalue weighted by Gasteiger charge is -2.36. The molecule has 1 atom stereocenters. The third-order valence-electron chi connectivity index (χ3n) is 3.14. The highest BCUT2D eigenvalue weighted by atomic mass is 35.5. The molecule has 0 amide bonds. The predicted octanol–water partition coefficient (Wildman–Crippen LogP) is 3.46. The van der Waals surface area contributed by atoms with Gasteiger partial charge in [0.1, 0.15) is 23.5 Å². The first-order chi connectivity index (χ1) is 9.30. The van der Waals surface area contributed by atoms with Crippen molar-refractivity contribution in [1.82, 2.24) is 10.2 Å². The van der Waals surface area contributed by atoms with Crippen molar-refractivity contribution in [3.05, 3.63) is 35.1 Å². The zero-order chi connectivity index (χ0) is 14.9. The minimum absolute atomic E-state index is 0. The van der Waals surface area contributed by atoms with Crippen molar-refractivity contribution in [1.29, 1.82) is 0 Å². The van der Waals surface area contributed by atoms with Gasteiger partial charge in [-0.3, -0.25) is 4.90 Å². The largest absolute Gasteiger partial charge is 0.408 e. The molecule has 0 bridgehead atoms. The molecule has 1 saturated heterocycles. The molecule has 22 heavy (non-hydrogen) atoms. The summed E-state index contributed by atoms with van der Waals surface area (Å²) in [4.78, 5) is 0.940. The monoisotopic (exact) mass is 370 g/mol. The molecule has 1 heterocycles. The summed E-state index contributed by atoms with van der Waals surface area (Å²) >= 11 is 0. The van der Waals surface area contributed by atoms with E-state index in [1.165, 1.54) is 0 Å². The maximum absolute atomic E-state index is 13.6. The van der Waals surface area contributed by atoms with Crippen LogP contribution in [0, 0.1) is 17.5 Å². The summed E-state index contributed by atoms with van der Waals surface area (Å²) in [6.45, 7) is 0.578. The number of nitrogens with one attached hydrogen (secondary N) is 1. The fourth-order valence-corrected chi connectivity index (χ4v) is 2.31. The Balaban J connectivity index is 0.00000220. The summed E-state index contributed by atoms with van der Waals surface area (Å²) in [6.07, 6.45) is -4.85. The number of halogens is 8. The van der Waals surface area contributed by atoms with Gasteiger partial charge in [-0.15, -0.1) is 24.8 Å². The first kappa shape index (κ1) is 21.3. The van der Waals surface area contributed by atoms with E-state index in [-0.39, 0.29) is 63.1 Å². The smallest absolute Gasteiger partial charge is 0.314 e. The van der Waals surface area contributed by atoms with Crippen LogP contribution in [0.5, 0.6) is 0 Å². The fraction of sp³-hybridized carbons (Fsp3) is 0.500. The second kappa shape index (κ2) is 8.24. The molecule has 1 aromatic carbocycles. The number of benzene rings is 1. The van der Waals surface area contributed by atoms with Gasteiger partial charge in [0.15, 0.2) is 0 Å². The Morgan fingerprint density at radius 2 is 1.41 bits per heavy atom. The molecule has 1 aliphatic rings. The second-order valence-electron chi connectivity index (χ2n) is 4.51. The van der Waals surface area contributed by atoms with Gasteiger partial charge >= 0.3 is 6.18 Å². The zero-order valence-electron chi connectivity index (χ0n) is 11.1. The average molecular weight is 371 g/mol. The second-order valence-corrected chi connectivity index (χ2v) is 4.51. The first-order valence-electron chi connectivity index (χ1n) is 5.96. The van der Waals surface area contributed by atoms with Gasteiger partial charge in [0.2, 0.25) is 0 Å². The molecule has 1 N–H and O–H groups in total. The molecule has 10 heteroatoms.